The third kappa shape index (κ3) is 11.0. The van der Waals surface area contributed by atoms with E-state index in [1.165, 1.54) is 62.5 Å². The number of halogens is 2. The molecule has 0 amide bonds. The second kappa shape index (κ2) is 18.9. The first-order valence-corrected chi connectivity index (χ1v) is 17.5. The largest absolute Gasteiger partial charge is 0.674 e. The van der Waals surface area contributed by atoms with Crippen LogP contribution in [0.25, 0.3) is 0 Å². The topological polar surface area (TPSA) is 112 Å². The van der Waals surface area contributed by atoms with E-state index in [0.29, 0.717) is 22.9 Å². The smallest absolute Gasteiger partial charge is 0.479 e. The van der Waals surface area contributed by atoms with E-state index in [2.05, 4.69) is 89.7 Å². The Bertz CT molecular complexity index is 1030. The van der Waals surface area contributed by atoms with Gasteiger partial charge in [0.15, 0.2) is 0 Å². The number of rotatable bonds is 11. The van der Waals surface area contributed by atoms with Crippen molar-refractivity contribution in [2.24, 2.45) is 11.8 Å². The van der Waals surface area contributed by atoms with Gasteiger partial charge in [0, 0.05) is 34.8 Å². The number of quaternary nitrogens is 1. The third-order valence-corrected chi connectivity index (χ3v) is 10.0. The first-order chi connectivity index (χ1) is 20.2. The van der Waals surface area contributed by atoms with E-state index in [0.717, 1.165) is 21.9 Å². The van der Waals surface area contributed by atoms with Crippen molar-refractivity contribution in [3.8, 4) is 0 Å². The molecule has 10 heteroatoms. The minimum atomic E-state index is -3.15. The molecule has 44 heavy (non-hydrogen) atoms. The molecule has 2 saturated carbocycles. The van der Waals surface area contributed by atoms with E-state index in [1.54, 1.807) is 4.90 Å². The molecule has 3 N–H and O–H groups in total. The summed E-state index contributed by atoms with van der Waals surface area (Å²) < 4.78 is 11.3. The zero-order valence-electron chi connectivity index (χ0n) is 27.9. The summed E-state index contributed by atoms with van der Waals surface area (Å²) in [7, 11) is 5.91. The van der Waals surface area contributed by atoms with Gasteiger partial charge in [0.05, 0.1) is 20.1 Å². The molecule has 2 fully saturated rings. The minimum absolute atomic E-state index is 0. The molecule has 2 aromatic carbocycles. The maximum atomic E-state index is 8.87. The maximum Gasteiger partial charge on any atom is 0.479 e. The van der Waals surface area contributed by atoms with Gasteiger partial charge in [-0.2, -0.15) is 0 Å². The van der Waals surface area contributed by atoms with Crippen LogP contribution < -0.4 is 15.1 Å². The lowest BCUT2D eigenvalue weighted by Crippen LogP contribution is -3.12. The van der Waals surface area contributed by atoms with Crippen LogP contribution in [0.15, 0.2) is 48.5 Å². The summed E-state index contributed by atoms with van der Waals surface area (Å²) >= 11 is 12.1. The Kier molecular flexibility index (Phi) is 17.6. The average Bonchev–Trinajstić information content (AvgIpc) is 2.88. The molecule has 4 rings (SSSR count). The fourth-order valence-corrected chi connectivity index (χ4v) is 7.45. The van der Waals surface area contributed by atoms with Gasteiger partial charge in [0.1, 0.15) is 0 Å². The van der Waals surface area contributed by atoms with E-state index >= 15 is 0 Å². The first kappa shape index (κ1) is 40.9. The fraction of sp³-hybridized carbons (Fsp3) is 0.647. The Morgan fingerprint density at radius 2 is 1.20 bits per heavy atom. The van der Waals surface area contributed by atoms with Crippen LogP contribution in [0.2, 0.25) is 10.0 Å². The maximum absolute atomic E-state index is 8.87. The highest BCUT2D eigenvalue weighted by molar-refractivity contribution is 7.30. The third-order valence-electron chi connectivity index (χ3n) is 9.42. The van der Waals surface area contributed by atoms with Gasteiger partial charge in [-0.1, -0.05) is 88.0 Å². The van der Waals surface area contributed by atoms with Crippen molar-refractivity contribution in [2.75, 3.05) is 28.2 Å². The fourth-order valence-electron chi connectivity index (χ4n) is 7.19. The van der Waals surface area contributed by atoms with Crippen molar-refractivity contribution in [3.05, 3.63) is 69.7 Å². The highest BCUT2D eigenvalue weighted by Gasteiger charge is 2.49. The van der Waals surface area contributed by atoms with Gasteiger partial charge in [-0.3, -0.25) is 0 Å². The predicted molar refractivity (Wildman–Crippen MR) is 181 cm³/mol. The van der Waals surface area contributed by atoms with Crippen molar-refractivity contribution >= 4 is 31.5 Å². The number of hydrogen-bond donors (Lipinski definition) is 1. The molecule has 2 aliphatic rings. The van der Waals surface area contributed by atoms with Crippen LogP contribution in [0, 0.1) is 11.8 Å². The molecule has 0 saturated heterocycles. The summed E-state index contributed by atoms with van der Waals surface area (Å²) in [5, 5.41) is 10.2. The molecule has 0 bridgehead atoms. The Balaban J connectivity index is 0.000000721. The molecule has 0 radical (unpaired) electrons. The van der Waals surface area contributed by atoms with Crippen LogP contribution in [-0.4, -0.2) is 50.7 Å². The minimum Gasteiger partial charge on any atom is -0.674 e. The lowest BCUT2D eigenvalue weighted by Gasteiger charge is -2.51. The molecule has 0 aromatic heterocycles. The monoisotopic (exact) mass is 674 g/mol. The lowest BCUT2D eigenvalue weighted by molar-refractivity contribution is -0.893. The van der Waals surface area contributed by atoms with E-state index in [4.69, 9.17) is 37.9 Å². The highest BCUT2D eigenvalue weighted by atomic mass is 35.5. The SMILES string of the molecule is CC(C)CC(N(C)C)C1(c2ccc(Cl)cc2)CCC1.CC(C)CC([NH+](C)C)C1(c2ccc(Cl)cc2)CCC1.O.O=[P+]([O-])O[O-].[HH]. The summed E-state index contributed by atoms with van der Waals surface area (Å²) in [4.78, 5) is 12.9. The number of hydrogen-bond acceptors (Lipinski definition) is 5. The number of benzene rings is 2. The standard InChI is InChI=1S/2C17H26ClN.HO4P.H2O.H2/c2*1-13(2)12-16(19(3)4)17(10-5-11-17)14-6-8-15(18)9-7-14;1-4-5(2)3;;/h2*6-9,13,16H,5,10-12H2,1-4H3;1H;1H2;1H. The molecular weight excluding hydrogens is 618 g/mol. The molecule has 3 unspecified atom stereocenters. The van der Waals surface area contributed by atoms with Crippen LogP contribution in [0.5, 0.6) is 0 Å². The summed E-state index contributed by atoms with van der Waals surface area (Å²) in [5.41, 5.74) is 3.70. The van der Waals surface area contributed by atoms with Crippen LogP contribution >= 0.6 is 31.5 Å². The lowest BCUT2D eigenvalue weighted by atomic mass is 9.58. The van der Waals surface area contributed by atoms with Gasteiger partial charge in [-0.15, -0.1) is 0 Å². The van der Waals surface area contributed by atoms with Gasteiger partial charge in [-0.05, 0) is 98.0 Å². The van der Waals surface area contributed by atoms with E-state index in [1.807, 2.05) is 24.3 Å². The summed E-state index contributed by atoms with van der Waals surface area (Å²) in [6.45, 7) is 9.32. The van der Waals surface area contributed by atoms with Gasteiger partial charge in [0.2, 0.25) is 0 Å². The zero-order valence-corrected chi connectivity index (χ0v) is 30.3. The number of likely N-dealkylation sites (N-methyl/N-ethyl adjacent to an activating group) is 2. The molecular formula is C34H57Cl2N2O5P. The van der Waals surface area contributed by atoms with Gasteiger partial charge < -0.3 is 25.4 Å². The summed E-state index contributed by atoms with van der Waals surface area (Å²) in [6.07, 6.45) is 10.6. The van der Waals surface area contributed by atoms with Crippen molar-refractivity contribution in [1.82, 2.24) is 4.90 Å². The summed E-state index contributed by atoms with van der Waals surface area (Å²) in [5.74, 6) is 1.49. The normalized spacial score (nSPS) is 18.1. The van der Waals surface area contributed by atoms with Gasteiger partial charge >= 0.3 is 8.25 Å². The molecule has 0 aliphatic heterocycles. The Labute approximate surface area is 278 Å². The number of nitrogens with zero attached hydrogens (tertiary/aromatic N) is 1. The second-order valence-electron chi connectivity index (χ2n) is 13.7. The molecule has 7 nitrogen and oxygen atoms in total. The van der Waals surface area contributed by atoms with Crippen molar-refractivity contribution in [3.63, 3.8) is 0 Å². The molecule has 2 aliphatic carbocycles. The van der Waals surface area contributed by atoms with Gasteiger partial charge in [-0.25, -0.2) is 4.67 Å². The molecule has 252 valence electrons. The van der Waals surface area contributed by atoms with Crippen LogP contribution in [0.4, 0.5) is 0 Å². The Hall–Kier alpha value is -1.12. The van der Waals surface area contributed by atoms with Crippen LogP contribution in [-0.2, 0) is 20.1 Å². The molecule has 3 atom stereocenters. The quantitative estimate of drug-likeness (QED) is 0.185. The Morgan fingerprint density at radius 1 is 0.841 bits per heavy atom. The highest BCUT2D eigenvalue weighted by Crippen LogP contribution is 2.50. The van der Waals surface area contributed by atoms with Crippen molar-refractivity contribution in [2.45, 2.75) is 102 Å². The van der Waals surface area contributed by atoms with Crippen molar-refractivity contribution < 1.29 is 31.2 Å². The van der Waals surface area contributed by atoms with E-state index in [9.17, 15) is 0 Å². The van der Waals surface area contributed by atoms with Gasteiger partial charge in [0.25, 0.3) is 0 Å². The van der Waals surface area contributed by atoms with Crippen LogP contribution in [0.3, 0.4) is 0 Å². The first-order valence-electron chi connectivity index (χ1n) is 15.6. The average molecular weight is 676 g/mol. The molecule has 2 aromatic rings. The second-order valence-corrected chi connectivity index (χ2v) is 15.2. The van der Waals surface area contributed by atoms with E-state index < -0.39 is 8.25 Å². The van der Waals surface area contributed by atoms with Crippen LogP contribution in [0.1, 0.15) is 91.6 Å². The zero-order chi connectivity index (χ0) is 32.4. The summed E-state index contributed by atoms with van der Waals surface area (Å²) in [6, 6.07) is 18.5. The number of nitrogens with one attached hydrogen (secondary N) is 1. The molecule has 0 spiro atoms. The Morgan fingerprint density at radius 3 is 1.45 bits per heavy atom. The van der Waals surface area contributed by atoms with Crippen molar-refractivity contribution in [1.29, 1.82) is 0 Å². The predicted octanol–water partition coefficient (Wildman–Crippen LogP) is 5.78. The van der Waals surface area contributed by atoms with E-state index in [-0.39, 0.29) is 6.90 Å². The molecule has 0 heterocycles.